The van der Waals surface area contributed by atoms with Gasteiger partial charge in [0, 0.05) is 18.8 Å². The number of ether oxygens (including phenoxy) is 1. The summed E-state index contributed by atoms with van der Waals surface area (Å²) >= 11 is 0. The minimum absolute atomic E-state index is 0.0684. The quantitative estimate of drug-likeness (QED) is 0.389. The third kappa shape index (κ3) is 6.24. The van der Waals surface area contributed by atoms with Crippen molar-refractivity contribution in [1.29, 1.82) is 0 Å². The number of unbranched alkanes of at least 4 members (excludes halogenated alkanes) is 2. The predicted molar refractivity (Wildman–Crippen MR) is 128 cm³/mol. The van der Waals surface area contributed by atoms with Crippen molar-refractivity contribution in [2.75, 3.05) is 13.2 Å². The molecular weight excluding hydrogens is 452 g/mol. The number of hydrogen-bond acceptors (Lipinski definition) is 6. The number of hydrogen-bond donors (Lipinski definition) is 3. The molecule has 4 N–H and O–H groups in total. The van der Waals surface area contributed by atoms with E-state index in [-0.39, 0.29) is 18.9 Å². The van der Waals surface area contributed by atoms with Crippen molar-refractivity contribution in [3.05, 3.63) is 59.7 Å². The van der Waals surface area contributed by atoms with Gasteiger partial charge in [0.25, 0.3) is 0 Å². The van der Waals surface area contributed by atoms with Crippen LogP contribution in [0.1, 0.15) is 55.6 Å². The standard InChI is InChI=1S/C26H30N2O7/c27-15-7-1-2-12-23(29)28(22(25(32)33)13-14-24(30)31)26(34)35-16-21-19-10-5-3-8-17(19)18-9-4-6-11-20(18)21/h3-6,8-11,21-22H,1-2,7,12-16,27H2,(H,30,31)(H,32,33)/t22-/m0/s1. The van der Waals surface area contributed by atoms with Gasteiger partial charge in [-0.3, -0.25) is 9.59 Å². The highest BCUT2D eigenvalue weighted by Gasteiger charge is 2.37. The summed E-state index contributed by atoms with van der Waals surface area (Å²) in [5.74, 6) is -3.67. The lowest BCUT2D eigenvalue weighted by molar-refractivity contribution is -0.150. The zero-order valence-corrected chi connectivity index (χ0v) is 19.4. The van der Waals surface area contributed by atoms with E-state index in [9.17, 15) is 24.3 Å². The van der Waals surface area contributed by atoms with Gasteiger partial charge < -0.3 is 20.7 Å². The van der Waals surface area contributed by atoms with Gasteiger partial charge in [0.1, 0.15) is 12.6 Å². The Morgan fingerprint density at radius 3 is 2.03 bits per heavy atom. The fourth-order valence-corrected chi connectivity index (χ4v) is 4.41. The molecule has 35 heavy (non-hydrogen) atoms. The van der Waals surface area contributed by atoms with Gasteiger partial charge in [-0.15, -0.1) is 0 Å². The molecule has 1 aliphatic rings. The number of nitrogens with zero attached hydrogens (tertiary/aromatic N) is 1. The zero-order chi connectivity index (χ0) is 25.4. The summed E-state index contributed by atoms with van der Waals surface area (Å²) in [6.45, 7) is 0.371. The molecule has 0 aliphatic heterocycles. The van der Waals surface area contributed by atoms with Crippen LogP contribution in [0.4, 0.5) is 4.79 Å². The monoisotopic (exact) mass is 482 g/mol. The van der Waals surface area contributed by atoms with Gasteiger partial charge in [-0.2, -0.15) is 0 Å². The SMILES string of the molecule is NCCCCCC(=O)N(C(=O)OCC1c2ccccc2-c2ccccc21)[C@@H](CCC(=O)O)C(=O)O. The van der Waals surface area contributed by atoms with E-state index < -0.39 is 42.8 Å². The Kier molecular flexibility index (Phi) is 8.97. The van der Waals surface area contributed by atoms with Crippen molar-refractivity contribution < 1.29 is 34.1 Å². The molecule has 1 atom stereocenters. The first kappa shape index (κ1) is 25.9. The number of amides is 2. The second-order valence-corrected chi connectivity index (χ2v) is 8.45. The largest absolute Gasteiger partial charge is 0.481 e. The summed E-state index contributed by atoms with van der Waals surface area (Å²) in [6.07, 6.45) is -0.315. The van der Waals surface area contributed by atoms with Crippen LogP contribution in [0.5, 0.6) is 0 Å². The molecule has 0 saturated heterocycles. The minimum Gasteiger partial charge on any atom is -0.481 e. The zero-order valence-electron chi connectivity index (χ0n) is 19.4. The molecule has 2 amide bonds. The van der Waals surface area contributed by atoms with Crippen LogP contribution in [-0.4, -0.2) is 58.2 Å². The Morgan fingerprint density at radius 2 is 1.49 bits per heavy atom. The topological polar surface area (TPSA) is 147 Å². The second kappa shape index (κ2) is 12.1. The van der Waals surface area contributed by atoms with Crippen molar-refractivity contribution in [2.45, 2.75) is 50.5 Å². The smallest absolute Gasteiger partial charge is 0.417 e. The molecule has 2 aromatic carbocycles. The fourth-order valence-electron chi connectivity index (χ4n) is 4.41. The first-order chi connectivity index (χ1) is 16.8. The van der Waals surface area contributed by atoms with E-state index in [1.54, 1.807) is 0 Å². The van der Waals surface area contributed by atoms with Gasteiger partial charge >= 0.3 is 18.0 Å². The predicted octanol–water partition coefficient (Wildman–Crippen LogP) is 3.60. The molecular formula is C26H30N2O7. The number of rotatable bonds is 12. The summed E-state index contributed by atoms with van der Waals surface area (Å²) in [4.78, 5) is 49.5. The number of carbonyl (C=O) groups is 4. The fraction of sp³-hybridized carbons (Fsp3) is 0.385. The summed E-state index contributed by atoms with van der Waals surface area (Å²) in [5.41, 5.74) is 9.48. The summed E-state index contributed by atoms with van der Waals surface area (Å²) in [7, 11) is 0. The minimum atomic E-state index is -1.64. The number of fused-ring (bicyclic) bond motifs is 3. The lowest BCUT2D eigenvalue weighted by Gasteiger charge is -2.27. The van der Waals surface area contributed by atoms with Gasteiger partial charge in [0.15, 0.2) is 0 Å². The van der Waals surface area contributed by atoms with E-state index >= 15 is 0 Å². The normalized spacial score (nSPS) is 12.9. The van der Waals surface area contributed by atoms with Crippen LogP contribution in [0.15, 0.2) is 48.5 Å². The van der Waals surface area contributed by atoms with Crippen LogP contribution in [0.2, 0.25) is 0 Å². The number of carboxylic acid groups (broad SMARTS) is 2. The average molecular weight is 483 g/mol. The average Bonchev–Trinajstić information content (AvgIpc) is 3.16. The maximum Gasteiger partial charge on any atom is 0.417 e. The Bertz CT molecular complexity index is 1040. The Labute approximate surface area is 203 Å². The van der Waals surface area contributed by atoms with Crippen molar-refractivity contribution in [1.82, 2.24) is 4.90 Å². The van der Waals surface area contributed by atoms with E-state index in [0.29, 0.717) is 30.7 Å². The highest BCUT2D eigenvalue weighted by Crippen LogP contribution is 2.44. The first-order valence-electron chi connectivity index (χ1n) is 11.7. The van der Waals surface area contributed by atoms with Gasteiger partial charge in [0.2, 0.25) is 5.91 Å². The molecule has 0 saturated carbocycles. The van der Waals surface area contributed by atoms with Crippen LogP contribution >= 0.6 is 0 Å². The summed E-state index contributed by atoms with van der Waals surface area (Å²) in [6, 6.07) is 13.9. The molecule has 186 valence electrons. The van der Waals surface area contributed by atoms with Gasteiger partial charge in [-0.05, 0) is 48.1 Å². The molecule has 0 fully saturated rings. The summed E-state index contributed by atoms with van der Waals surface area (Å²) in [5, 5.41) is 18.7. The molecule has 0 heterocycles. The molecule has 1 aliphatic carbocycles. The third-order valence-corrected chi connectivity index (χ3v) is 6.12. The number of carboxylic acids is 2. The van der Waals surface area contributed by atoms with Crippen molar-refractivity contribution >= 4 is 23.9 Å². The van der Waals surface area contributed by atoms with Crippen molar-refractivity contribution in [2.24, 2.45) is 5.73 Å². The molecule has 0 radical (unpaired) electrons. The van der Waals surface area contributed by atoms with E-state index in [2.05, 4.69) is 0 Å². The first-order valence-corrected chi connectivity index (χ1v) is 11.7. The van der Waals surface area contributed by atoms with Crippen molar-refractivity contribution in [3.8, 4) is 11.1 Å². The Balaban J connectivity index is 1.80. The summed E-state index contributed by atoms with van der Waals surface area (Å²) < 4.78 is 5.52. The molecule has 0 bridgehead atoms. The van der Waals surface area contributed by atoms with Crippen LogP contribution in [0.25, 0.3) is 11.1 Å². The highest BCUT2D eigenvalue weighted by atomic mass is 16.6. The second-order valence-electron chi connectivity index (χ2n) is 8.45. The number of carbonyl (C=O) groups excluding carboxylic acids is 2. The van der Waals surface area contributed by atoms with Crippen LogP contribution in [0, 0.1) is 0 Å². The Morgan fingerprint density at radius 1 is 0.886 bits per heavy atom. The number of nitrogens with two attached hydrogens (primary N) is 1. The van der Waals surface area contributed by atoms with E-state index in [4.69, 9.17) is 15.6 Å². The molecule has 2 aromatic rings. The molecule has 3 rings (SSSR count). The number of imide groups is 1. The van der Waals surface area contributed by atoms with Gasteiger partial charge in [-0.25, -0.2) is 14.5 Å². The van der Waals surface area contributed by atoms with E-state index in [1.165, 1.54) is 0 Å². The molecule has 0 spiro atoms. The van der Waals surface area contributed by atoms with E-state index in [0.717, 1.165) is 22.3 Å². The maximum absolute atomic E-state index is 13.1. The maximum atomic E-state index is 13.1. The van der Waals surface area contributed by atoms with Gasteiger partial charge in [-0.1, -0.05) is 55.0 Å². The van der Waals surface area contributed by atoms with E-state index in [1.807, 2.05) is 48.5 Å². The van der Waals surface area contributed by atoms with Crippen molar-refractivity contribution in [3.63, 3.8) is 0 Å². The van der Waals surface area contributed by atoms with Crippen LogP contribution in [-0.2, 0) is 19.1 Å². The molecule has 9 heteroatoms. The lowest BCUT2D eigenvalue weighted by Crippen LogP contribution is -2.49. The number of aliphatic carboxylic acids is 2. The molecule has 9 nitrogen and oxygen atoms in total. The van der Waals surface area contributed by atoms with Gasteiger partial charge in [0.05, 0.1) is 0 Å². The highest BCUT2D eigenvalue weighted by molar-refractivity contribution is 5.96. The molecule has 0 aromatic heterocycles. The third-order valence-electron chi connectivity index (χ3n) is 6.12. The van der Waals surface area contributed by atoms with Crippen LogP contribution in [0.3, 0.4) is 0 Å². The van der Waals surface area contributed by atoms with Crippen LogP contribution < -0.4 is 5.73 Å². The molecule has 0 unspecified atom stereocenters. The Hall–Kier alpha value is -3.72. The lowest BCUT2D eigenvalue weighted by atomic mass is 9.98. The number of benzene rings is 2.